The molecular weight excluding hydrogens is 366 g/mol. The lowest BCUT2D eigenvalue weighted by Crippen LogP contribution is -2.48. The predicted molar refractivity (Wildman–Crippen MR) is 103 cm³/mol. The highest BCUT2D eigenvalue weighted by molar-refractivity contribution is 6.31. The lowest BCUT2D eigenvalue weighted by atomic mass is 9.97. The Morgan fingerprint density at radius 3 is 2.70 bits per heavy atom. The second-order valence-corrected chi connectivity index (χ2v) is 7.10. The van der Waals surface area contributed by atoms with Crippen molar-refractivity contribution in [2.75, 3.05) is 13.1 Å². The number of amides is 2. The van der Waals surface area contributed by atoms with E-state index < -0.39 is 5.91 Å². The standard InChI is InChI=1S/C20H22ClN3O3/c21-16-8-9-18(25)17(11-16)20(27)23-22-19(26)15-7-4-10-24(13-15)12-14-5-2-1-3-6-14/h1-3,5-6,8-9,11,15,25H,4,7,10,12-13H2,(H,22,26)(H,23,27). The SMILES string of the molecule is O=C(NNC(=O)C1CCCN(Cc2ccccc2)C1)c1cc(Cl)ccc1O. The van der Waals surface area contributed by atoms with E-state index in [0.717, 1.165) is 25.9 Å². The summed E-state index contributed by atoms with van der Waals surface area (Å²) in [5.74, 6) is -1.24. The van der Waals surface area contributed by atoms with E-state index in [0.29, 0.717) is 11.6 Å². The number of phenolic OH excluding ortho intramolecular Hbond substituents is 1. The average Bonchev–Trinajstić information content (AvgIpc) is 2.68. The Hall–Kier alpha value is -2.57. The van der Waals surface area contributed by atoms with E-state index in [1.807, 2.05) is 18.2 Å². The first-order valence-corrected chi connectivity index (χ1v) is 9.25. The molecule has 2 amide bonds. The van der Waals surface area contributed by atoms with Crippen molar-refractivity contribution in [1.29, 1.82) is 0 Å². The van der Waals surface area contributed by atoms with Crippen LogP contribution in [0.3, 0.4) is 0 Å². The molecule has 1 unspecified atom stereocenters. The van der Waals surface area contributed by atoms with Gasteiger partial charge in [-0.1, -0.05) is 41.9 Å². The number of phenols is 1. The van der Waals surface area contributed by atoms with E-state index in [1.165, 1.54) is 23.8 Å². The van der Waals surface area contributed by atoms with E-state index in [-0.39, 0.29) is 23.1 Å². The molecular formula is C20H22ClN3O3. The fraction of sp³-hybridized carbons (Fsp3) is 0.300. The summed E-state index contributed by atoms with van der Waals surface area (Å²) in [6.45, 7) is 2.38. The molecule has 2 aromatic rings. The molecule has 1 aliphatic heterocycles. The van der Waals surface area contributed by atoms with Gasteiger partial charge in [-0.25, -0.2) is 0 Å². The summed E-state index contributed by atoms with van der Waals surface area (Å²) in [5.41, 5.74) is 6.04. The first-order valence-electron chi connectivity index (χ1n) is 8.88. The number of rotatable bonds is 4. The molecule has 1 heterocycles. The molecule has 0 saturated carbocycles. The molecule has 27 heavy (non-hydrogen) atoms. The van der Waals surface area contributed by atoms with Crippen molar-refractivity contribution < 1.29 is 14.7 Å². The van der Waals surface area contributed by atoms with Gasteiger partial charge in [0.2, 0.25) is 5.91 Å². The highest BCUT2D eigenvalue weighted by atomic mass is 35.5. The molecule has 1 saturated heterocycles. The summed E-state index contributed by atoms with van der Waals surface area (Å²) in [7, 11) is 0. The Labute approximate surface area is 163 Å². The van der Waals surface area contributed by atoms with Gasteiger partial charge in [-0.2, -0.15) is 0 Å². The highest BCUT2D eigenvalue weighted by Gasteiger charge is 2.26. The molecule has 0 aliphatic carbocycles. The number of nitrogens with one attached hydrogen (secondary N) is 2. The quantitative estimate of drug-likeness (QED) is 0.704. The van der Waals surface area contributed by atoms with Crippen LogP contribution in [0, 0.1) is 5.92 Å². The van der Waals surface area contributed by atoms with E-state index in [2.05, 4.69) is 27.9 Å². The smallest absolute Gasteiger partial charge is 0.273 e. The summed E-state index contributed by atoms with van der Waals surface area (Å²) in [6, 6.07) is 14.3. The zero-order valence-corrected chi connectivity index (χ0v) is 15.6. The van der Waals surface area contributed by atoms with Gasteiger partial charge in [0.1, 0.15) is 5.75 Å². The van der Waals surface area contributed by atoms with Crippen LogP contribution in [0.5, 0.6) is 5.75 Å². The van der Waals surface area contributed by atoms with Gasteiger partial charge in [-0.3, -0.25) is 25.3 Å². The van der Waals surface area contributed by atoms with Crippen LogP contribution in [-0.4, -0.2) is 34.9 Å². The van der Waals surface area contributed by atoms with Crippen molar-refractivity contribution in [3.8, 4) is 5.75 Å². The predicted octanol–water partition coefficient (Wildman–Crippen LogP) is 2.72. The van der Waals surface area contributed by atoms with Crippen molar-refractivity contribution in [3.63, 3.8) is 0 Å². The minimum atomic E-state index is -0.611. The van der Waals surface area contributed by atoms with E-state index >= 15 is 0 Å². The number of piperidine rings is 1. The van der Waals surface area contributed by atoms with Crippen LogP contribution in [0.15, 0.2) is 48.5 Å². The Kier molecular flexibility index (Phi) is 6.32. The number of halogens is 1. The molecule has 0 aromatic heterocycles. The molecule has 7 heteroatoms. The zero-order valence-electron chi connectivity index (χ0n) is 14.8. The van der Waals surface area contributed by atoms with Gasteiger partial charge in [-0.05, 0) is 43.1 Å². The second-order valence-electron chi connectivity index (χ2n) is 6.66. The number of carbonyl (C=O) groups excluding carboxylic acids is 2. The fourth-order valence-electron chi connectivity index (χ4n) is 3.23. The van der Waals surface area contributed by atoms with Crippen LogP contribution in [0.4, 0.5) is 0 Å². The number of likely N-dealkylation sites (tertiary alicyclic amines) is 1. The molecule has 0 radical (unpaired) electrons. The molecule has 1 aliphatic rings. The Balaban J connectivity index is 1.53. The lowest BCUT2D eigenvalue weighted by Gasteiger charge is -2.32. The van der Waals surface area contributed by atoms with Crippen LogP contribution in [0.25, 0.3) is 0 Å². The summed E-state index contributed by atoms with van der Waals surface area (Å²) in [6.07, 6.45) is 1.70. The monoisotopic (exact) mass is 387 g/mol. The van der Waals surface area contributed by atoms with Crippen LogP contribution >= 0.6 is 11.6 Å². The topological polar surface area (TPSA) is 81.7 Å². The van der Waals surface area contributed by atoms with E-state index in [1.54, 1.807) is 0 Å². The third kappa shape index (κ3) is 5.21. The Morgan fingerprint density at radius 2 is 1.93 bits per heavy atom. The number of hydrogen-bond donors (Lipinski definition) is 3. The van der Waals surface area contributed by atoms with Crippen molar-refractivity contribution >= 4 is 23.4 Å². The average molecular weight is 388 g/mol. The molecule has 1 atom stereocenters. The first kappa shape index (κ1) is 19.2. The molecule has 0 spiro atoms. The normalized spacial score (nSPS) is 17.3. The van der Waals surface area contributed by atoms with Crippen molar-refractivity contribution in [3.05, 3.63) is 64.7 Å². The molecule has 3 N–H and O–H groups in total. The number of hydrazine groups is 1. The number of carbonyl (C=O) groups is 2. The molecule has 142 valence electrons. The number of benzene rings is 2. The van der Waals surface area contributed by atoms with Crippen molar-refractivity contribution in [1.82, 2.24) is 15.8 Å². The van der Waals surface area contributed by atoms with Gasteiger partial charge in [0.25, 0.3) is 5.91 Å². The summed E-state index contributed by atoms with van der Waals surface area (Å²) >= 11 is 5.84. The minimum Gasteiger partial charge on any atom is -0.507 e. The summed E-state index contributed by atoms with van der Waals surface area (Å²) in [5, 5.41) is 10.1. The molecule has 2 aromatic carbocycles. The van der Waals surface area contributed by atoms with Gasteiger partial charge in [0, 0.05) is 18.1 Å². The van der Waals surface area contributed by atoms with Gasteiger partial charge in [-0.15, -0.1) is 0 Å². The maximum absolute atomic E-state index is 12.4. The Bertz CT molecular complexity index is 813. The summed E-state index contributed by atoms with van der Waals surface area (Å²) < 4.78 is 0. The van der Waals surface area contributed by atoms with Gasteiger partial charge in [0.05, 0.1) is 11.5 Å². The van der Waals surface area contributed by atoms with Crippen molar-refractivity contribution in [2.45, 2.75) is 19.4 Å². The van der Waals surface area contributed by atoms with Crippen LogP contribution in [0.1, 0.15) is 28.8 Å². The molecule has 0 bridgehead atoms. The number of aromatic hydroxyl groups is 1. The molecule has 6 nitrogen and oxygen atoms in total. The van der Waals surface area contributed by atoms with E-state index in [4.69, 9.17) is 11.6 Å². The van der Waals surface area contributed by atoms with Crippen LogP contribution < -0.4 is 10.9 Å². The maximum atomic E-state index is 12.4. The minimum absolute atomic E-state index is 0.0112. The fourth-order valence-corrected chi connectivity index (χ4v) is 3.40. The van der Waals surface area contributed by atoms with Crippen molar-refractivity contribution in [2.24, 2.45) is 5.92 Å². The van der Waals surface area contributed by atoms with Gasteiger partial charge in [0.15, 0.2) is 0 Å². The first-order chi connectivity index (χ1) is 13.0. The molecule has 3 rings (SSSR count). The largest absolute Gasteiger partial charge is 0.507 e. The summed E-state index contributed by atoms with van der Waals surface area (Å²) in [4.78, 5) is 26.8. The van der Waals surface area contributed by atoms with Gasteiger partial charge < -0.3 is 5.11 Å². The zero-order chi connectivity index (χ0) is 19.2. The third-order valence-electron chi connectivity index (χ3n) is 4.63. The lowest BCUT2D eigenvalue weighted by molar-refractivity contribution is -0.127. The maximum Gasteiger partial charge on any atom is 0.273 e. The number of hydrogen-bond acceptors (Lipinski definition) is 4. The second kappa shape index (κ2) is 8.88. The van der Waals surface area contributed by atoms with Gasteiger partial charge >= 0.3 is 0 Å². The molecule has 1 fully saturated rings. The third-order valence-corrected chi connectivity index (χ3v) is 4.86. The highest BCUT2D eigenvalue weighted by Crippen LogP contribution is 2.21. The van der Waals surface area contributed by atoms with Crippen LogP contribution in [-0.2, 0) is 11.3 Å². The number of nitrogens with zero attached hydrogens (tertiary/aromatic N) is 1. The van der Waals surface area contributed by atoms with Crippen LogP contribution in [0.2, 0.25) is 5.02 Å². The Morgan fingerprint density at radius 1 is 1.15 bits per heavy atom. The van der Waals surface area contributed by atoms with E-state index in [9.17, 15) is 14.7 Å².